The lowest BCUT2D eigenvalue weighted by Crippen LogP contribution is -2.38. The molecule has 2 heterocycles. The summed E-state index contributed by atoms with van der Waals surface area (Å²) < 4.78 is 32.9. The minimum Gasteiger partial charge on any atom is -0.482 e. The molecule has 0 radical (unpaired) electrons. The van der Waals surface area contributed by atoms with Crippen LogP contribution in [0.15, 0.2) is 66.6 Å². The van der Waals surface area contributed by atoms with Crippen molar-refractivity contribution in [2.24, 2.45) is 0 Å². The summed E-state index contributed by atoms with van der Waals surface area (Å²) in [5.74, 6) is 0.337. The number of nitrogens with zero attached hydrogens (tertiary/aromatic N) is 2. The maximum atomic E-state index is 12.4. The minimum atomic E-state index is -3.58. The lowest BCUT2D eigenvalue weighted by molar-refractivity contribution is -0.121. The van der Waals surface area contributed by atoms with E-state index < -0.39 is 10.0 Å². The van der Waals surface area contributed by atoms with Crippen LogP contribution in [-0.4, -0.2) is 32.5 Å². The Morgan fingerprint density at radius 2 is 2.03 bits per heavy atom. The van der Waals surface area contributed by atoms with Crippen LogP contribution in [-0.2, 0) is 20.6 Å². The van der Waals surface area contributed by atoms with Gasteiger partial charge in [-0.15, -0.1) is 17.9 Å². The summed E-state index contributed by atoms with van der Waals surface area (Å²) >= 11 is 1.20. The molecule has 0 unspecified atom stereocenters. The maximum Gasteiger partial charge on any atom is 0.265 e. The van der Waals surface area contributed by atoms with Crippen molar-refractivity contribution in [3.8, 4) is 17.0 Å². The maximum absolute atomic E-state index is 12.4. The van der Waals surface area contributed by atoms with E-state index in [0.717, 1.165) is 5.56 Å². The zero-order valence-corrected chi connectivity index (χ0v) is 17.6. The molecule has 1 aliphatic heterocycles. The van der Waals surface area contributed by atoms with Crippen LogP contribution in [0.5, 0.6) is 5.75 Å². The first-order chi connectivity index (χ1) is 14.4. The van der Waals surface area contributed by atoms with Gasteiger partial charge in [-0.3, -0.25) is 9.52 Å². The Kier molecular flexibility index (Phi) is 5.56. The van der Waals surface area contributed by atoms with Gasteiger partial charge >= 0.3 is 0 Å². The van der Waals surface area contributed by atoms with Crippen LogP contribution in [0.3, 0.4) is 0 Å². The number of amides is 1. The van der Waals surface area contributed by atoms with Crippen LogP contribution in [0.4, 0.5) is 10.8 Å². The Labute approximate surface area is 178 Å². The molecule has 7 nitrogen and oxygen atoms in total. The molecular formula is C21H19N3O4S2. The van der Waals surface area contributed by atoms with Crippen LogP contribution in [0.1, 0.15) is 5.56 Å². The number of carbonyl (C=O) groups is 1. The molecule has 4 rings (SSSR count). The highest BCUT2D eigenvalue weighted by atomic mass is 32.2. The van der Waals surface area contributed by atoms with Crippen LogP contribution in [0.2, 0.25) is 0 Å². The first-order valence-electron chi connectivity index (χ1n) is 9.13. The van der Waals surface area contributed by atoms with E-state index in [1.807, 2.05) is 18.2 Å². The summed E-state index contributed by atoms with van der Waals surface area (Å²) in [6.45, 7) is 4.07. The second kappa shape index (κ2) is 8.29. The molecule has 0 fully saturated rings. The van der Waals surface area contributed by atoms with Crippen molar-refractivity contribution in [1.82, 2.24) is 4.98 Å². The Morgan fingerprint density at radius 1 is 1.23 bits per heavy atom. The molecule has 1 aromatic heterocycles. The van der Waals surface area contributed by atoms with Gasteiger partial charge in [0.1, 0.15) is 5.75 Å². The van der Waals surface area contributed by atoms with E-state index in [9.17, 15) is 13.2 Å². The van der Waals surface area contributed by atoms with Crippen LogP contribution in [0.25, 0.3) is 11.3 Å². The topological polar surface area (TPSA) is 88.6 Å². The quantitative estimate of drug-likeness (QED) is 0.565. The molecule has 30 heavy (non-hydrogen) atoms. The number of anilines is 2. The van der Waals surface area contributed by atoms with E-state index in [0.29, 0.717) is 29.2 Å². The van der Waals surface area contributed by atoms with E-state index >= 15 is 0 Å². The summed E-state index contributed by atoms with van der Waals surface area (Å²) in [5.41, 5.74) is 2.70. The number of hydrogen-bond donors (Lipinski definition) is 1. The summed E-state index contributed by atoms with van der Waals surface area (Å²) in [5, 5.41) is 2.06. The average molecular weight is 442 g/mol. The number of nitrogens with one attached hydrogen (secondary N) is 1. The SMILES string of the molecule is C=CCN1C(=O)COc2ccc(-c3csc(NS(=O)(=O)Cc4ccccc4)n3)cc21. The lowest BCUT2D eigenvalue weighted by atomic mass is 10.1. The molecule has 0 bridgehead atoms. The first kappa shape index (κ1) is 20.1. The summed E-state index contributed by atoms with van der Waals surface area (Å²) in [6, 6.07) is 14.4. The van der Waals surface area contributed by atoms with Crippen molar-refractivity contribution in [3.05, 3.63) is 72.1 Å². The third-order valence-corrected chi connectivity index (χ3v) is 6.56. The highest BCUT2D eigenvalue weighted by Gasteiger charge is 2.25. The third kappa shape index (κ3) is 4.37. The van der Waals surface area contributed by atoms with Gasteiger partial charge in [0.2, 0.25) is 10.0 Å². The molecule has 9 heteroatoms. The van der Waals surface area contributed by atoms with Gasteiger partial charge in [-0.2, -0.15) is 0 Å². The molecule has 0 aliphatic carbocycles. The van der Waals surface area contributed by atoms with Crippen LogP contribution < -0.4 is 14.4 Å². The highest BCUT2D eigenvalue weighted by molar-refractivity contribution is 7.92. The number of fused-ring (bicyclic) bond motifs is 1. The zero-order valence-electron chi connectivity index (χ0n) is 15.9. The monoisotopic (exact) mass is 441 g/mol. The smallest absolute Gasteiger partial charge is 0.265 e. The van der Waals surface area contributed by atoms with E-state index in [-0.39, 0.29) is 23.4 Å². The van der Waals surface area contributed by atoms with Crippen molar-refractivity contribution in [3.63, 3.8) is 0 Å². The second-order valence-electron chi connectivity index (χ2n) is 6.65. The fourth-order valence-corrected chi connectivity index (χ4v) is 5.26. The number of aromatic nitrogens is 1. The minimum absolute atomic E-state index is 0.00969. The van der Waals surface area contributed by atoms with Crippen molar-refractivity contribution in [2.45, 2.75) is 5.75 Å². The summed E-state index contributed by atoms with van der Waals surface area (Å²) in [7, 11) is -3.58. The largest absolute Gasteiger partial charge is 0.482 e. The standard InChI is InChI=1S/C21H19N3O4S2/c1-2-10-24-18-11-16(8-9-19(18)28-12-20(24)25)17-13-29-21(22-17)23-30(26,27)14-15-6-4-3-5-7-15/h2-9,11,13H,1,10,12,14H2,(H,22,23). The summed E-state index contributed by atoms with van der Waals surface area (Å²) in [6.07, 6.45) is 1.65. The van der Waals surface area contributed by atoms with Crippen molar-refractivity contribution in [2.75, 3.05) is 22.8 Å². The molecule has 2 aromatic carbocycles. The number of benzene rings is 2. The van der Waals surface area contributed by atoms with E-state index in [1.165, 1.54) is 11.3 Å². The first-order valence-corrected chi connectivity index (χ1v) is 11.7. The predicted molar refractivity (Wildman–Crippen MR) is 118 cm³/mol. The fraction of sp³-hybridized carbons (Fsp3) is 0.143. The molecule has 0 saturated heterocycles. The number of rotatable bonds is 7. The van der Waals surface area contributed by atoms with Crippen molar-refractivity contribution < 1.29 is 17.9 Å². The molecular weight excluding hydrogens is 422 g/mol. The summed E-state index contributed by atoms with van der Waals surface area (Å²) in [4.78, 5) is 18.2. The predicted octanol–water partition coefficient (Wildman–Crippen LogP) is 3.66. The van der Waals surface area contributed by atoms with E-state index in [1.54, 1.807) is 46.7 Å². The molecule has 0 atom stereocenters. The number of carbonyl (C=O) groups excluding carboxylic acids is 1. The van der Waals surface area contributed by atoms with Gasteiger partial charge in [-0.25, -0.2) is 13.4 Å². The van der Waals surface area contributed by atoms with E-state index in [4.69, 9.17) is 4.74 Å². The number of hydrogen-bond acceptors (Lipinski definition) is 6. The number of thiazole rings is 1. The van der Waals surface area contributed by atoms with Gasteiger partial charge in [0, 0.05) is 17.5 Å². The molecule has 154 valence electrons. The Bertz CT molecular complexity index is 1190. The Morgan fingerprint density at radius 3 is 2.80 bits per heavy atom. The normalized spacial score (nSPS) is 13.5. The molecule has 1 amide bonds. The van der Waals surface area contributed by atoms with Crippen LogP contribution in [0, 0.1) is 0 Å². The number of sulfonamides is 1. The lowest BCUT2D eigenvalue weighted by Gasteiger charge is -2.28. The zero-order chi connectivity index (χ0) is 21.1. The van der Waals surface area contributed by atoms with Gasteiger partial charge in [-0.05, 0) is 23.8 Å². The van der Waals surface area contributed by atoms with Gasteiger partial charge < -0.3 is 9.64 Å². The van der Waals surface area contributed by atoms with Crippen LogP contribution >= 0.6 is 11.3 Å². The Hall–Kier alpha value is -3.17. The van der Waals surface area contributed by atoms with Gasteiger partial charge in [0.15, 0.2) is 11.7 Å². The molecule has 3 aromatic rings. The van der Waals surface area contributed by atoms with Gasteiger partial charge in [-0.1, -0.05) is 36.4 Å². The number of ether oxygens (including phenoxy) is 1. The second-order valence-corrected chi connectivity index (χ2v) is 9.23. The average Bonchev–Trinajstić information content (AvgIpc) is 3.18. The fourth-order valence-electron chi connectivity index (χ4n) is 3.11. The highest BCUT2D eigenvalue weighted by Crippen LogP contribution is 2.36. The molecule has 1 aliphatic rings. The molecule has 0 saturated carbocycles. The van der Waals surface area contributed by atoms with E-state index in [2.05, 4.69) is 16.3 Å². The van der Waals surface area contributed by atoms with Crippen molar-refractivity contribution in [1.29, 1.82) is 0 Å². The van der Waals surface area contributed by atoms with Crippen molar-refractivity contribution >= 4 is 38.1 Å². The third-order valence-electron chi connectivity index (χ3n) is 4.46. The Balaban J connectivity index is 1.56. The van der Waals surface area contributed by atoms with Gasteiger partial charge in [0.05, 0.1) is 17.1 Å². The molecule has 1 N–H and O–H groups in total. The molecule has 0 spiro atoms. The van der Waals surface area contributed by atoms with Gasteiger partial charge in [0.25, 0.3) is 5.91 Å².